The van der Waals surface area contributed by atoms with E-state index in [1.165, 1.54) is 23.1 Å². The maximum Gasteiger partial charge on any atom is 0.308 e. The summed E-state index contributed by atoms with van der Waals surface area (Å²) in [7, 11) is 0. The summed E-state index contributed by atoms with van der Waals surface area (Å²) >= 11 is 8.88. The van der Waals surface area contributed by atoms with Gasteiger partial charge in [0.05, 0.1) is 16.0 Å². The van der Waals surface area contributed by atoms with Gasteiger partial charge in [-0.3, -0.25) is 9.59 Å². The summed E-state index contributed by atoms with van der Waals surface area (Å²) in [6.07, 6.45) is 3.32. The Morgan fingerprint density at radius 2 is 2.14 bits per heavy atom. The van der Waals surface area contributed by atoms with Crippen molar-refractivity contribution in [2.24, 2.45) is 5.92 Å². The van der Waals surface area contributed by atoms with Crippen molar-refractivity contribution in [3.8, 4) is 0 Å². The molecule has 1 fully saturated rings. The van der Waals surface area contributed by atoms with Gasteiger partial charge in [0.15, 0.2) is 0 Å². The Bertz CT molecular complexity index is 506. The van der Waals surface area contributed by atoms with Gasteiger partial charge in [-0.25, -0.2) is 0 Å². The number of thiophene rings is 1. The predicted molar refractivity (Wildman–Crippen MR) is 87.0 cm³/mol. The van der Waals surface area contributed by atoms with Crippen molar-refractivity contribution in [1.29, 1.82) is 0 Å². The lowest BCUT2D eigenvalue weighted by atomic mass is 9.84. The van der Waals surface area contributed by atoms with Crippen molar-refractivity contribution in [3.05, 3.63) is 21.3 Å². The first-order valence-corrected chi connectivity index (χ1v) is 9.25. The molecule has 0 bridgehead atoms. The first-order chi connectivity index (χ1) is 10.1. The van der Waals surface area contributed by atoms with Crippen LogP contribution in [0.3, 0.4) is 0 Å². The van der Waals surface area contributed by atoms with E-state index in [0.29, 0.717) is 12.2 Å². The van der Waals surface area contributed by atoms with Gasteiger partial charge in [0.25, 0.3) is 0 Å². The second-order valence-electron chi connectivity index (χ2n) is 5.10. The average Bonchev–Trinajstić information content (AvgIpc) is 2.85. The summed E-state index contributed by atoms with van der Waals surface area (Å²) in [4.78, 5) is 24.2. The molecule has 0 saturated heterocycles. The second kappa shape index (κ2) is 8.06. The third kappa shape index (κ3) is 5.20. The largest absolute Gasteiger partial charge is 0.481 e. The van der Waals surface area contributed by atoms with Gasteiger partial charge < -0.3 is 10.4 Å². The number of nitrogens with one attached hydrogen (secondary N) is 1. The molecule has 2 unspecified atom stereocenters. The summed E-state index contributed by atoms with van der Waals surface area (Å²) in [6.45, 7) is 0. The van der Waals surface area contributed by atoms with Gasteiger partial charge in [-0.2, -0.15) is 0 Å². The molecule has 116 valence electrons. The van der Waals surface area contributed by atoms with Crippen LogP contribution in [0.4, 0.5) is 0 Å². The highest BCUT2D eigenvalue weighted by molar-refractivity contribution is 7.99. The van der Waals surface area contributed by atoms with Crippen molar-refractivity contribution in [3.63, 3.8) is 0 Å². The van der Waals surface area contributed by atoms with E-state index < -0.39 is 11.9 Å². The van der Waals surface area contributed by atoms with E-state index in [1.807, 2.05) is 12.1 Å². The number of hydrogen-bond acceptors (Lipinski definition) is 4. The molecule has 1 aromatic rings. The minimum absolute atomic E-state index is 0.0826. The first-order valence-electron chi connectivity index (χ1n) is 6.90. The molecule has 1 heterocycles. The highest BCUT2D eigenvalue weighted by Crippen LogP contribution is 2.26. The van der Waals surface area contributed by atoms with E-state index in [9.17, 15) is 14.7 Å². The Morgan fingerprint density at radius 3 is 2.81 bits per heavy atom. The van der Waals surface area contributed by atoms with Crippen LogP contribution < -0.4 is 5.32 Å². The van der Waals surface area contributed by atoms with Crippen LogP contribution in [-0.4, -0.2) is 28.8 Å². The molecule has 7 heteroatoms. The van der Waals surface area contributed by atoms with Crippen LogP contribution in [0.25, 0.3) is 0 Å². The molecule has 2 N–H and O–H groups in total. The van der Waals surface area contributed by atoms with Crippen LogP contribution in [-0.2, 0) is 15.3 Å². The summed E-state index contributed by atoms with van der Waals surface area (Å²) in [6, 6.07) is 3.58. The van der Waals surface area contributed by atoms with Gasteiger partial charge in [0, 0.05) is 16.7 Å². The molecule has 1 aromatic heterocycles. The zero-order valence-electron chi connectivity index (χ0n) is 11.5. The fraction of sp³-hybridized carbons (Fsp3) is 0.571. The van der Waals surface area contributed by atoms with E-state index in [-0.39, 0.29) is 11.9 Å². The van der Waals surface area contributed by atoms with Gasteiger partial charge in [-0.05, 0) is 25.0 Å². The molecule has 1 aliphatic rings. The van der Waals surface area contributed by atoms with Gasteiger partial charge in [-0.1, -0.05) is 24.4 Å². The van der Waals surface area contributed by atoms with Crippen molar-refractivity contribution in [1.82, 2.24) is 5.32 Å². The molecular formula is C14H18ClNO3S2. The number of rotatable bonds is 6. The van der Waals surface area contributed by atoms with Crippen molar-refractivity contribution in [2.75, 3.05) is 5.75 Å². The van der Waals surface area contributed by atoms with Crippen molar-refractivity contribution >= 4 is 46.6 Å². The predicted octanol–water partition coefficient (Wildman–Crippen LogP) is 3.39. The van der Waals surface area contributed by atoms with E-state index in [2.05, 4.69) is 5.32 Å². The lowest BCUT2D eigenvalue weighted by molar-refractivity contribution is -0.144. The fourth-order valence-corrected chi connectivity index (χ4v) is 4.56. The Balaban J connectivity index is 1.74. The zero-order valence-corrected chi connectivity index (χ0v) is 13.9. The smallest absolute Gasteiger partial charge is 0.308 e. The van der Waals surface area contributed by atoms with Gasteiger partial charge in [0.1, 0.15) is 0 Å². The highest BCUT2D eigenvalue weighted by Gasteiger charge is 2.31. The number of thioether (sulfide) groups is 1. The van der Waals surface area contributed by atoms with Gasteiger partial charge >= 0.3 is 5.97 Å². The lowest BCUT2D eigenvalue weighted by Gasteiger charge is -2.29. The van der Waals surface area contributed by atoms with E-state index in [1.54, 1.807) is 0 Å². The monoisotopic (exact) mass is 347 g/mol. The number of carbonyl (C=O) groups excluding carboxylic acids is 1. The molecule has 4 nitrogen and oxygen atoms in total. The summed E-state index contributed by atoms with van der Waals surface area (Å²) in [5, 5.41) is 12.1. The van der Waals surface area contributed by atoms with E-state index in [0.717, 1.165) is 34.2 Å². The van der Waals surface area contributed by atoms with E-state index >= 15 is 0 Å². The number of amides is 1. The maximum atomic E-state index is 11.9. The SMILES string of the molecule is O=C(CSCc1ccc(Cl)s1)NC1CCCCC1C(=O)O. The highest BCUT2D eigenvalue weighted by atomic mass is 35.5. The molecule has 2 atom stereocenters. The van der Waals surface area contributed by atoms with Gasteiger partial charge in [-0.15, -0.1) is 23.1 Å². The number of hydrogen-bond donors (Lipinski definition) is 2. The maximum absolute atomic E-state index is 11.9. The Hall–Kier alpha value is -0.720. The quantitative estimate of drug-likeness (QED) is 0.827. The Labute approximate surface area is 137 Å². The van der Waals surface area contributed by atoms with Crippen LogP contribution in [0.5, 0.6) is 0 Å². The fourth-order valence-electron chi connectivity index (χ4n) is 2.52. The lowest BCUT2D eigenvalue weighted by Crippen LogP contribution is -2.45. The molecule has 0 radical (unpaired) electrons. The molecule has 21 heavy (non-hydrogen) atoms. The third-order valence-corrected chi connectivity index (χ3v) is 5.93. The summed E-state index contributed by atoms with van der Waals surface area (Å²) < 4.78 is 0.751. The second-order valence-corrected chi connectivity index (χ2v) is 7.89. The molecule has 0 spiro atoms. The third-order valence-electron chi connectivity index (χ3n) is 3.54. The Kier molecular flexibility index (Phi) is 6.39. The molecule has 1 amide bonds. The van der Waals surface area contributed by atoms with Crippen molar-refractivity contribution in [2.45, 2.75) is 37.5 Å². The minimum Gasteiger partial charge on any atom is -0.481 e. The molecule has 0 aliphatic heterocycles. The van der Waals surface area contributed by atoms with Crippen LogP contribution in [0.1, 0.15) is 30.6 Å². The molecule has 2 rings (SSSR count). The normalized spacial score (nSPS) is 22.0. The number of carbonyl (C=O) groups is 2. The first kappa shape index (κ1) is 16.6. The number of carboxylic acids is 1. The topological polar surface area (TPSA) is 66.4 Å². The number of halogens is 1. The summed E-state index contributed by atoms with van der Waals surface area (Å²) in [5.41, 5.74) is 0. The summed E-state index contributed by atoms with van der Waals surface area (Å²) in [5.74, 6) is -0.235. The molecular weight excluding hydrogens is 330 g/mol. The molecule has 1 aliphatic carbocycles. The molecule has 0 aromatic carbocycles. The van der Waals surface area contributed by atoms with Crippen molar-refractivity contribution < 1.29 is 14.7 Å². The van der Waals surface area contributed by atoms with Crippen LogP contribution in [0.15, 0.2) is 12.1 Å². The number of carboxylic acid groups (broad SMARTS) is 1. The van der Waals surface area contributed by atoms with Crippen LogP contribution >= 0.6 is 34.7 Å². The average molecular weight is 348 g/mol. The van der Waals surface area contributed by atoms with Crippen LogP contribution in [0.2, 0.25) is 4.34 Å². The standard InChI is InChI=1S/C14H18ClNO3S2/c15-12-6-5-9(21-12)7-20-8-13(17)16-11-4-2-1-3-10(11)14(18)19/h5-6,10-11H,1-4,7-8H2,(H,16,17)(H,18,19). The molecule has 1 saturated carbocycles. The van der Waals surface area contributed by atoms with Crippen LogP contribution in [0, 0.1) is 5.92 Å². The Morgan fingerprint density at radius 1 is 1.38 bits per heavy atom. The van der Waals surface area contributed by atoms with Gasteiger partial charge in [0.2, 0.25) is 5.91 Å². The zero-order chi connectivity index (χ0) is 15.2. The van der Waals surface area contributed by atoms with E-state index in [4.69, 9.17) is 11.6 Å². The minimum atomic E-state index is -0.805. The number of aliphatic carboxylic acids is 1.